The molecule has 1 aromatic carbocycles. The number of ether oxygens (including phenoxy) is 2. The van der Waals surface area contributed by atoms with E-state index in [1.165, 1.54) is 6.92 Å². The van der Waals surface area contributed by atoms with Gasteiger partial charge in [0.2, 0.25) is 0 Å². The van der Waals surface area contributed by atoms with Crippen LogP contribution in [0.1, 0.15) is 49.2 Å². The van der Waals surface area contributed by atoms with Crippen LogP contribution in [-0.4, -0.2) is 35.5 Å². The van der Waals surface area contributed by atoms with Crippen LogP contribution in [0.3, 0.4) is 0 Å². The van der Waals surface area contributed by atoms with E-state index in [4.69, 9.17) is 14.0 Å². The molecular formula is C20H24N2O6. The zero-order valence-corrected chi connectivity index (χ0v) is 16.2. The van der Waals surface area contributed by atoms with Gasteiger partial charge in [0.1, 0.15) is 11.5 Å². The minimum atomic E-state index is -0.951. The van der Waals surface area contributed by atoms with Gasteiger partial charge in [-0.3, -0.25) is 9.59 Å². The number of carbonyl (C=O) groups is 3. The summed E-state index contributed by atoms with van der Waals surface area (Å²) in [6.07, 6.45) is 1.01. The van der Waals surface area contributed by atoms with Crippen molar-refractivity contribution in [1.82, 2.24) is 5.16 Å². The van der Waals surface area contributed by atoms with Crippen molar-refractivity contribution in [3.8, 4) is 5.75 Å². The van der Waals surface area contributed by atoms with Crippen molar-refractivity contribution >= 4 is 23.5 Å². The molecule has 1 unspecified atom stereocenters. The van der Waals surface area contributed by atoms with Crippen LogP contribution in [0.4, 0.5) is 5.82 Å². The van der Waals surface area contributed by atoms with Gasteiger partial charge in [-0.2, -0.15) is 0 Å². The van der Waals surface area contributed by atoms with Crippen molar-refractivity contribution in [2.24, 2.45) is 0 Å². The monoisotopic (exact) mass is 388 g/mol. The van der Waals surface area contributed by atoms with Crippen LogP contribution < -0.4 is 10.1 Å². The molecule has 28 heavy (non-hydrogen) atoms. The molecule has 0 aliphatic carbocycles. The number of ketones is 1. The van der Waals surface area contributed by atoms with Crippen molar-refractivity contribution < 1.29 is 28.4 Å². The van der Waals surface area contributed by atoms with Gasteiger partial charge in [0.15, 0.2) is 24.3 Å². The maximum Gasteiger partial charge on any atom is 0.344 e. The zero-order valence-electron chi connectivity index (χ0n) is 16.2. The van der Waals surface area contributed by atoms with Crippen molar-refractivity contribution in [3.63, 3.8) is 0 Å². The first-order chi connectivity index (χ1) is 13.4. The molecule has 1 N–H and O–H groups in total. The lowest BCUT2D eigenvalue weighted by Gasteiger charge is -2.17. The second-order valence-electron chi connectivity index (χ2n) is 6.30. The number of nitrogens with zero attached hydrogens (tertiary/aromatic N) is 1. The second-order valence-corrected chi connectivity index (χ2v) is 6.30. The number of benzene rings is 1. The standard InChI is InChI=1S/C20H24N2O6/c1-4-5-6-17(20(25)21-18-11-13(2)28-22-18)27-19(24)12-26-16-9-7-15(8-10-16)14(3)23/h7-11,17H,4-6,12H2,1-3H3,(H,21,22,25). The molecule has 1 heterocycles. The molecule has 1 atom stereocenters. The molecule has 2 rings (SSSR count). The summed E-state index contributed by atoms with van der Waals surface area (Å²) in [5, 5.41) is 6.27. The number of carbonyl (C=O) groups excluding carboxylic acids is 3. The highest BCUT2D eigenvalue weighted by Gasteiger charge is 2.23. The lowest BCUT2D eigenvalue weighted by atomic mass is 10.1. The highest BCUT2D eigenvalue weighted by molar-refractivity contribution is 5.95. The van der Waals surface area contributed by atoms with E-state index < -0.39 is 18.0 Å². The number of amides is 1. The van der Waals surface area contributed by atoms with Crippen LogP contribution in [0.5, 0.6) is 5.75 Å². The summed E-state index contributed by atoms with van der Waals surface area (Å²) >= 11 is 0. The summed E-state index contributed by atoms with van der Waals surface area (Å²) in [4.78, 5) is 35.8. The van der Waals surface area contributed by atoms with E-state index in [1.807, 2.05) is 6.92 Å². The quantitative estimate of drug-likeness (QED) is 0.491. The maximum absolute atomic E-state index is 12.4. The van der Waals surface area contributed by atoms with E-state index >= 15 is 0 Å². The van der Waals surface area contributed by atoms with E-state index in [1.54, 1.807) is 37.3 Å². The first-order valence-electron chi connectivity index (χ1n) is 9.06. The van der Waals surface area contributed by atoms with Gasteiger partial charge in [-0.1, -0.05) is 18.5 Å². The topological polar surface area (TPSA) is 108 Å². The molecular weight excluding hydrogens is 364 g/mol. The Morgan fingerprint density at radius 1 is 1.21 bits per heavy atom. The average molecular weight is 388 g/mol. The van der Waals surface area contributed by atoms with Crippen LogP contribution >= 0.6 is 0 Å². The normalized spacial score (nSPS) is 11.5. The molecule has 0 aliphatic rings. The molecule has 150 valence electrons. The fourth-order valence-corrected chi connectivity index (χ4v) is 2.39. The van der Waals surface area contributed by atoms with Gasteiger partial charge in [-0.25, -0.2) is 4.79 Å². The molecule has 2 aromatic rings. The minimum Gasteiger partial charge on any atom is -0.482 e. The predicted octanol–water partition coefficient (Wildman–Crippen LogP) is 3.31. The first-order valence-corrected chi connectivity index (χ1v) is 9.06. The maximum atomic E-state index is 12.4. The minimum absolute atomic E-state index is 0.0574. The number of unbranched alkanes of at least 4 members (excludes halogenated alkanes) is 1. The molecule has 0 spiro atoms. The fourth-order valence-electron chi connectivity index (χ4n) is 2.39. The smallest absolute Gasteiger partial charge is 0.344 e. The van der Waals surface area contributed by atoms with Crippen molar-refractivity contribution in [3.05, 3.63) is 41.7 Å². The summed E-state index contributed by atoms with van der Waals surface area (Å²) in [6, 6.07) is 7.99. The number of anilines is 1. The van der Waals surface area contributed by atoms with Gasteiger partial charge in [0, 0.05) is 11.6 Å². The number of nitrogens with one attached hydrogen (secondary N) is 1. The van der Waals surface area contributed by atoms with Crippen LogP contribution in [0.2, 0.25) is 0 Å². The van der Waals surface area contributed by atoms with E-state index in [0.717, 1.165) is 12.8 Å². The van der Waals surface area contributed by atoms with Gasteiger partial charge in [-0.15, -0.1) is 0 Å². The van der Waals surface area contributed by atoms with Crippen LogP contribution in [0, 0.1) is 6.92 Å². The molecule has 0 saturated heterocycles. The summed E-state index contributed by atoms with van der Waals surface area (Å²) < 4.78 is 15.6. The molecule has 0 saturated carbocycles. The number of hydrogen-bond acceptors (Lipinski definition) is 7. The molecule has 8 heteroatoms. The number of aromatic nitrogens is 1. The summed E-state index contributed by atoms with van der Waals surface area (Å²) in [6.45, 7) is 4.80. The van der Waals surface area contributed by atoms with Crippen LogP contribution in [-0.2, 0) is 14.3 Å². The molecule has 1 amide bonds. The lowest BCUT2D eigenvalue weighted by molar-refractivity contribution is -0.156. The Hall–Kier alpha value is -3.16. The Balaban J connectivity index is 1.90. The van der Waals surface area contributed by atoms with Gasteiger partial charge >= 0.3 is 5.97 Å². The summed E-state index contributed by atoms with van der Waals surface area (Å²) in [5.74, 6) is 0.0558. The van der Waals surface area contributed by atoms with Crippen LogP contribution in [0.25, 0.3) is 0 Å². The van der Waals surface area contributed by atoms with Gasteiger partial charge in [0.25, 0.3) is 5.91 Å². The third-order valence-electron chi connectivity index (χ3n) is 3.88. The third-order valence-corrected chi connectivity index (χ3v) is 3.88. The first kappa shape index (κ1) is 21.1. The van der Waals surface area contributed by atoms with E-state index in [-0.39, 0.29) is 18.2 Å². The molecule has 1 aromatic heterocycles. The number of hydrogen-bond donors (Lipinski definition) is 1. The summed E-state index contributed by atoms with van der Waals surface area (Å²) in [7, 11) is 0. The van der Waals surface area contributed by atoms with Crippen LogP contribution in [0.15, 0.2) is 34.9 Å². The highest BCUT2D eigenvalue weighted by Crippen LogP contribution is 2.14. The lowest BCUT2D eigenvalue weighted by Crippen LogP contribution is -2.34. The zero-order chi connectivity index (χ0) is 20.5. The van der Waals surface area contributed by atoms with E-state index in [0.29, 0.717) is 23.5 Å². The third kappa shape index (κ3) is 6.53. The Bertz CT molecular complexity index is 812. The number of rotatable bonds is 10. The van der Waals surface area contributed by atoms with Gasteiger partial charge in [-0.05, 0) is 51.0 Å². The molecule has 0 radical (unpaired) electrons. The molecule has 0 bridgehead atoms. The molecule has 0 aliphatic heterocycles. The highest BCUT2D eigenvalue weighted by atomic mass is 16.6. The SMILES string of the molecule is CCCCC(OC(=O)COc1ccc(C(C)=O)cc1)C(=O)Nc1cc(C)on1. The molecule has 0 fully saturated rings. The summed E-state index contributed by atoms with van der Waals surface area (Å²) in [5.41, 5.74) is 0.550. The Morgan fingerprint density at radius 3 is 2.50 bits per heavy atom. The number of Topliss-reactive ketones (excluding diaryl/α,β-unsaturated/α-hetero) is 1. The number of aryl methyl sites for hydroxylation is 1. The van der Waals surface area contributed by atoms with Crippen molar-refractivity contribution in [1.29, 1.82) is 0 Å². The Morgan fingerprint density at radius 2 is 1.93 bits per heavy atom. The largest absolute Gasteiger partial charge is 0.482 e. The van der Waals surface area contributed by atoms with Gasteiger partial charge < -0.3 is 19.3 Å². The van der Waals surface area contributed by atoms with E-state index in [2.05, 4.69) is 10.5 Å². The van der Waals surface area contributed by atoms with Crippen molar-refractivity contribution in [2.75, 3.05) is 11.9 Å². The second kappa shape index (κ2) is 10.2. The fraction of sp³-hybridized carbons (Fsp3) is 0.400. The Kier molecular flexibility index (Phi) is 7.74. The Labute approximate surface area is 163 Å². The predicted molar refractivity (Wildman–Crippen MR) is 101 cm³/mol. The molecule has 8 nitrogen and oxygen atoms in total. The average Bonchev–Trinajstić information content (AvgIpc) is 3.08. The van der Waals surface area contributed by atoms with Crippen molar-refractivity contribution in [2.45, 2.75) is 46.1 Å². The number of esters is 1. The van der Waals surface area contributed by atoms with Gasteiger partial charge in [0.05, 0.1) is 0 Å². The van der Waals surface area contributed by atoms with E-state index in [9.17, 15) is 14.4 Å².